The number of carbonyl (C=O) groups is 6. The normalized spacial score (nSPS) is 13.6. The second-order valence-corrected chi connectivity index (χ2v) is 6.14. The molecule has 0 aromatic rings. The Labute approximate surface area is 167 Å². The van der Waals surface area contributed by atoms with Gasteiger partial charge < -0.3 is 20.9 Å². The molecule has 3 unspecified atom stereocenters. The maximum absolute atomic E-state index is 12.7. The molecule has 12 heteroatoms. The maximum Gasteiger partial charge on any atom is 0.337 e. The van der Waals surface area contributed by atoms with Crippen LogP contribution in [0.4, 0.5) is 0 Å². The number of amides is 3. The number of carbonyl (C=O) groups excluding carboxylic acids is 5. The first-order valence-electron chi connectivity index (χ1n) is 8.37. The lowest BCUT2D eigenvalue weighted by atomic mass is 10.1. The van der Waals surface area contributed by atoms with Crippen LogP contribution in [0.15, 0.2) is 0 Å². The maximum atomic E-state index is 12.7. The quantitative estimate of drug-likeness (QED) is 0.176. The summed E-state index contributed by atoms with van der Waals surface area (Å²) in [6, 6.07) is -4.38. The number of nitrogens with one attached hydrogen (secondary N) is 1. The number of hydrogen-bond donors (Lipinski definition) is 4. The summed E-state index contributed by atoms with van der Waals surface area (Å²) in [5.74, 6) is -6.01. The van der Waals surface area contributed by atoms with Crippen LogP contribution in [-0.2, 0) is 33.5 Å². The highest BCUT2D eigenvalue weighted by Crippen LogP contribution is 2.10. The first-order valence-corrected chi connectivity index (χ1v) is 9.00. The number of Topliss-reactive ketones (excluding diaryl/α,β-unsaturated/α-hetero) is 1. The number of esters is 1. The molecule has 3 amide bonds. The molecule has 28 heavy (non-hydrogen) atoms. The number of ether oxygens (including phenoxy) is 1. The summed E-state index contributed by atoms with van der Waals surface area (Å²) in [5.41, 5.74) is 5.31. The summed E-state index contributed by atoms with van der Waals surface area (Å²) in [6.07, 6.45) is -0.469. The molecule has 0 bridgehead atoms. The zero-order valence-corrected chi connectivity index (χ0v) is 16.7. The van der Waals surface area contributed by atoms with Gasteiger partial charge in [-0.15, -0.1) is 0 Å². The zero-order valence-electron chi connectivity index (χ0n) is 15.8. The van der Waals surface area contributed by atoms with Gasteiger partial charge in [0.1, 0.15) is 12.1 Å². The van der Waals surface area contributed by atoms with E-state index in [0.717, 1.165) is 13.8 Å². The summed E-state index contributed by atoms with van der Waals surface area (Å²) in [5, 5.41) is 11.0. The van der Waals surface area contributed by atoms with Crippen LogP contribution >= 0.6 is 12.6 Å². The van der Waals surface area contributed by atoms with E-state index in [4.69, 9.17) is 15.6 Å². The number of nitrogens with two attached hydrogens (primary N) is 1. The number of carboxylic acid groups (broad SMARTS) is 1. The molecule has 0 saturated heterocycles. The van der Waals surface area contributed by atoms with Crippen molar-refractivity contribution >= 4 is 48.1 Å². The monoisotopic (exact) mass is 419 g/mol. The number of imide groups is 1. The van der Waals surface area contributed by atoms with E-state index in [1.807, 2.05) is 0 Å². The Balaban J connectivity index is 5.40. The molecule has 4 N–H and O–H groups in total. The predicted molar refractivity (Wildman–Crippen MR) is 99.3 cm³/mol. The minimum Gasteiger partial charge on any atom is -0.480 e. The van der Waals surface area contributed by atoms with Crippen molar-refractivity contribution in [2.45, 2.75) is 51.7 Å². The van der Waals surface area contributed by atoms with Crippen molar-refractivity contribution in [2.24, 2.45) is 5.73 Å². The van der Waals surface area contributed by atoms with Gasteiger partial charge in [-0.2, -0.15) is 12.6 Å². The van der Waals surface area contributed by atoms with Gasteiger partial charge in [0, 0.05) is 19.1 Å². The van der Waals surface area contributed by atoms with E-state index in [-0.39, 0.29) is 25.2 Å². The van der Waals surface area contributed by atoms with E-state index in [0.29, 0.717) is 4.90 Å². The van der Waals surface area contributed by atoms with Crippen molar-refractivity contribution in [2.75, 3.05) is 12.4 Å². The molecule has 0 radical (unpaired) electrons. The number of aliphatic carboxylic acids is 1. The zero-order chi connectivity index (χ0) is 22.0. The summed E-state index contributed by atoms with van der Waals surface area (Å²) in [6.45, 7) is 3.43. The van der Waals surface area contributed by atoms with Crippen molar-refractivity contribution in [1.29, 1.82) is 0 Å². The van der Waals surface area contributed by atoms with Crippen molar-refractivity contribution in [3.63, 3.8) is 0 Å². The van der Waals surface area contributed by atoms with Crippen LogP contribution in [-0.4, -0.2) is 75.9 Å². The van der Waals surface area contributed by atoms with E-state index in [2.05, 4.69) is 17.9 Å². The average molecular weight is 419 g/mol. The lowest BCUT2D eigenvalue weighted by Crippen LogP contribution is -2.58. The number of hydrogen-bond acceptors (Lipinski definition) is 9. The van der Waals surface area contributed by atoms with Gasteiger partial charge in [0.05, 0.1) is 6.61 Å². The van der Waals surface area contributed by atoms with Crippen molar-refractivity contribution in [3.05, 3.63) is 0 Å². The van der Waals surface area contributed by atoms with Gasteiger partial charge >= 0.3 is 11.9 Å². The van der Waals surface area contributed by atoms with Gasteiger partial charge in [0.2, 0.25) is 11.8 Å². The fourth-order valence-electron chi connectivity index (χ4n) is 2.17. The van der Waals surface area contributed by atoms with Crippen LogP contribution in [0, 0.1) is 0 Å². The van der Waals surface area contributed by atoms with E-state index in [1.54, 1.807) is 0 Å². The topological polar surface area (TPSA) is 173 Å². The summed E-state index contributed by atoms with van der Waals surface area (Å²) >= 11 is 3.95. The van der Waals surface area contributed by atoms with Crippen molar-refractivity contribution in [1.82, 2.24) is 10.2 Å². The number of nitrogens with zero attached hydrogens (tertiary/aromatic N) is 1. The first kappa shape index (κ1) is 25.5. The Kier molecular flexibility index (Phi) is 11.0. The molecule has 158 valence electrons. The van der Waals surface area contributed by atoms with E-state index < -0.39 is 53.6 Å². The molecule has 11 nitrogen and oxygen atoms in total. The second kappa shape index (κ2) is 12.1. The molecule has 0 aliphatic rings. The van der Waals surface area contributed by atoms with Crippen LogP contribution in [0.25, 0.3) is 0 Å². The number of rotatable bonds is 11. The highest BCUT2D eigenvalue weighted by Gasteiger charge is 2.40. The molecule has 0 heterocycles. The molecule has 0 rings (SSSR count). The van der Waals surface area contributed by atoms with Crippen LogP contribution in [0.5, 0.6) is 0 Å². The van der Waals surface area contributed by atoms with Crippen molar-refractivity contribution < 1.29 is 38.6 Å². The molecule has 0 aliphatic carbocycles. The van der Waals surface area contributed by atoms with Crippen LogP contribution in [0.2, 0.25) is 0 Å². The van der Waals surface area contributed by atoms with Crippen LogP contribution in [0.3, 0.4) is 0 Å². The summed E-state index contributed by atoms with van der Waals surface area (Å²) in [7, 11) is 0. The van der Waals surface area contributed by atoms with Crippen LogP contribution < -0.4 is 11.1 Å². The third-order valence-corrected chi connectivity index (χ3v) is 3.91. The van der Waals surface area contributed by atoms with Gasteiger partial charge in [-0.25, -0.2) is 4.79 Å². The molecular formula is C16H25N3O8S. The van der Waals surface area contributed by atoms with Gasteiger partial charge in [-0.05, 0) is 20.3 Å². The molecule has 0 saturated carbocycles. The highest BCUT2D eigenvalue weighted by atomic mass is 32.1. The molecule has 0 aromatic heterocycles. The van der Waals surface area contributed by atoms with E-state index in [1.165, 1.54) is 6.92 Å². The third kappa shape index (κ3) is 7.64. The van der Waals surface area contributed by atoms with Gasteiger partial charge in [0.25, 0.3) is 5.91 Å². The smallest absolute Gasteiger partial charge is 0.337 e. The Morgan fingerprint density at radius 3 is 2.14 bits per heavy atom. The molecule has 0 spiro atoms. The largest absolute Gasteiger partial charge is 0.480 e. The first-order chi connectivity index (χ1) is 13.0. The molecule has 3 atom stereocenters. The highest BCUT2D eigenvalue weighted by molar-refractivity contribution is 7.80. The fourth-order valence-corrected chi connectivity index (χ4v) is 2.42. The second-order valence-electron chi connectivity index (χ2n) is 5.78. The minimum absolute atomic E-state index is 0.0703. The van der Waals surface area contributed by atoms with E-state index in [9.17, 15) is 28.8 Å². The Morgan fingerprint density at radius 2 is 1.75 bits per heavy atom. The number of carboxylic acids is 1. The SMILES string of the molecule is CCOC(=O)C(C(C)=O)N(C(C)=O)C(=O)C(CS)NC(=O)CCC(N)C(=O)O. The lowest BCUT2D eigenvalue weighted by molar-refractivity contribution is -0.164. The lowest BCUT2D eigenvalue weighted by Gasteiger charge is -2.29. The fraction of sp³-hybridized carbons (Fsp3) is 0.625. The van der Waals surface area contributed by atoms with E-state index >= 15 is 0 Å². The summed E-state index contributed by atoms with van der Waals surface area (Å²) in [4.78, 5) is 71.6. The Hall–Kier alpha value is -2.47. The molecule has 0 aliphatic heterocycles. The molecule has 0 aromatic carbocycles. The van der Waals surface area contributed by atoms with Crippen LogP contribution in [0.1, 0.15) is 33.6 Å². The Bertz CT molecular complexity index is 639. The Morgan fingerprint density at radius 1 is 1.18 bits per heavy atom. The van der Waals surface area contributed by atoms with Gasteiger partial charge in [-0.3, -0.25) is 28.9 Å². The minimum atomic E-state index is -1.79. The number of ketones is 1. The standard InChI is InChI=1S/C16H25N3O8S/c1-4-27-16(26)13(8(2)20)19(9(3)21)14(23)11(7-28)18-12(22)6-5-10(17)15(24)25/h10-11,13,28H,4-7,17H2,1-3H3,(H,18,22)(H,24,25). The molecular weight excluding hydrogens is 394 g/mol. The van der Waals surface area contributed by atoms with Crippen molar-refractivity contribution in [3.8, 4) is 0 Å². The average Bonchev–Trinajstić information content (AvgIpc) is 2.60. The third-order valence-electron chi connectivity index (χ3n) is 3.55. The van der Waals surface area contributed by atoms with Gasteiger partial charge in [0.15, 0.2) is 11.8 Å². The van der Waals surface area contributed by atoms with Gasteiger partial charge in [-0.1, -0.05) is 0 Å². The predicted octanol–water partition coefficient (Wildman–Crippen LogP) is -1.51. The number of thiol groups is 1. The summed E-state index contributed by atoms with van der Waals surface area (Å²) < 4.78 is 4.75. The molecule has 0 fully saturated rings.